The fraction of sp³-hybridized carbons (Fsp3) is 0.0556. The Balaban J connectivity index is 1.93. The zero-order valence-corrected chi connectivity index (χ0v) is 13.2. The van der Waals surface area contributed by atoms with Crippen LogP contribution in [0.4, 0.5) is 0 Å². The standard InChI is InChI=1S/C18H12ClN3O2/c19-16-9-17(23)21-18(24)22(16)11-12-5-7-13(8-6-12)15-4-2-1-3-14(15)10-20/h1-9H,11H2,(H,21,23,24). The number of rotatable bonds is 3. The molecule has 3 rings (SSSR count). The highest BCUT2D eigenvalue weighted by atomic mass is 35.5. The van der Waals surface area contributed by atoms with Crippen molar-refractivity contribution in [3.8, 4) is 17.2 Å². The second-order valence-electron chi connectivity index (χ2n) is 5.20. The lowest BCUT2D eigenvalue weighted by atomic mass is 9.99. The van der Waals surface area contributed by atoms with Crippen molar-refractivity contribution in [2.45, 2.75) is 6.54 Å². The van der Waals surface area contributed by atoms with E-state index >= 15 is 0 Å². The SMILES string of the molecule is N#Cc1ccccc1-c1ccc(Cn2c(Cl)cc(=O)[nH]c2=O)cc1. The molecule has 2 aromatic carbocycles. The molecule has 0 radical (unpaired) electrons. The maximum atomic E-state index is 11.8. The van der Waals surface area contributed by atoms with Gasteiger partial charge in [-0.2, -0.15) is 5.26 Å². The second-order valence-corrected chi connectivity index (χ2v) is 5.59. The highest BCUT2D eigenvalue weighted by Gasteiger charge is 2.07. The zero-order valence-electron chi connectivity index (χ0n) is 12.5. The highest BCUT2D eigenvalue weighted by Crippen LogP contribution is 2.23. The summed E-state index contributed by atoms with van der Waals surface area (Å²) in [4.78, 5) is 25.2. The van der Waals surface area contributed by atoms with Crippen LogP contribution in [0.3, 0.4) is 0 Å². The Kier molecular flexibility index (Phi) is 4.32. The third kappa shape index (κ3) is 3.14. The molecular weight excluding hydrogens is 326 g/mol. The molecule has 0 spiro atoms. The summed E-state index contributed by atoms with van der Waals surface area (Å²) < 4.78 is 1.28. The molecule has 1 heterocycles. The Morgan fingerprint density at radius 1 is 1.08 bits per heavy atom. The molecule has 0 bridgehead atoms. The number of aromatic nitrogens is 2. The summed E-state index contributed by atoms with van der Waals surface area (Å²) >= 11 is 5.96. The minimum Gasteiger partial charge on any atom is -0.279 e. The van der Waals surface area contributed by atoms with Gasteiger partial charge >= 0.3 is 5.69 Å². The van der Waals surface area contributed by atoms with Gasteiger partial charge < -0.3 is 0 Å². The van der Waals surface area contributed by atoms with E-state index in [0.29, 0.717) is 5.56 Å². The van der Waals surface area contributed by atoms with Crippen molar-refractivity contribution in [3.05, 3.63) is 91.7 Å². The van der Waals surface area contributed by atoms with E-state index in [0.717, 1.165) is 16.7 Å². The first kappa shape index (κ1) is 15.8. The molecule has 6 heteroatoms. The van der Waals surface area contributed by atoms with Crippen LogP contribution in [-0.2, 0) is 6.54 Å². The Labute approximate surface area is 142 Å². The smallest absolute Gasteiger partial charge is 0.279 e. The molecule has 1 aromatic heterocycles. The van der Waals surface area contributed by atoms with Crippen LogP contribution >= 0.6 is 11.6 Å². The molecule has 0 unspecified atom stereocenters. The Bertz CT molecular complexity index is 1040. The minimum atomic E-state index is -0.550. The third-order valence-electron chi connectivity index (χ3n) is 3.64. The van der Waals surface area contributed by atoms with E-state index in [9.17, 15) is 14.9 Å². The molecule has 3 aromatic rings. The number of aromatic amines is 1. The van der Waals surface area contributed by atoms with E-state index in [-0.39, 0.29) is 11.7 Å². The van der Waals surface area contributed by atoms with Gasteiger partial charge in [0.25, 0.3) is 5.56 Å². The number of H-pyrrole nitrogens is 1. The molecule has 118 valence electrons. The van der Waals surface area contributed by atoms with E-state index in [1.807, 2.05) is 42.5 Å². The van der Waals surface area contributed by atoms with Crippen molar-refractivity contribution in [2.24, 2.45) is 0 Å². The maximum Gasteiger partial charge on any atom is 0.329 e. The predicted molar refractivity (Wildman–Crippen MR) is 92.0 cm³/mol. The number of nitrogens with zero attached hydrogens (tertiary/aromatic N) is 2. The minimum absolute atomic E-state index is 0.0858. The van der Waals surface area contributed by atoms with Gasteiger partial charge in [-0.1, -0.05) is 54.1 Å². The largest absolute Gasteiger partial charge is 0.329 e. The van der Waals surface area contributed by atoms with E-state index < -0.39 is 11.2 Å². The van der Waals surface area contributed by atoms with Gasteiger partial charge in [0, 0.05) is 6.07 Å². The first-order valence-corrected chi connectivity index (χ1v) is 7.54. The van der Waals surface area contributed by atoms with Crippen molar-refractivity contribution in [2.75, 3.05) is 0 Å². The monoisotopic (exact) mass is 337 g/mol. The third-order valence-corrected chi connectivity index (χ3v) is 3.95. The van der Waals surface area contributed by atoms with Gasteiger partial charge in [0.15, 0.2) is 0 Å². The van der Waals surface area contributed by atoms with Crippen LogP contribution in [0.5, 0.6) is 0 Å². The summed E-state index contributed by atoms with van der Waals surface area (Å²) in [6, 6.07) is 18.2. The Morgan fingerprint density at radius 2 is 1.79 bits per heavy atom. The van der Waals surface area contributed by atoms with Crippen LogP contribution < -0.4 is 11.2 Å². The first-order chi connectivity index (χ1) is 11.6. The quantitative estimate of drug-likeness (QED) is 0.746. The van der Waals surface area contributed by atoms with E-state index in [4.69, 9.17) is 11.6 Å². The van der Waals surface area contributed by atoms with Crippen LogP contribution in [0.1, 0.15) is 11.1 Å². The lowest BCUT2D eigenvalue weighted by molar-refractivity contribution is 0.721. The molecule has 0 aliphatic rings. The molecule has 0 aliphatic heterocycles. The van der Waals surface area contributed by atoms with Crippen molar-refractivity contribution in [1.82, 2.24) is 9.55 Å². The lowest BCUT2D eigenvalue weighted by Gasteiger charge is -2.09. The number of hydrogen-bond acceptors (Lipinski definition) is 3. The molecule has 1 N–H and O–H groups in total. The van der Waals surface area contributed by atoms with Gasteiger partial charge in [0.2, 0.25) is 0 Å². The molecule has 0 aliphatic carbocycles. The Hall–Kier alpha value is -3.10. The first-order valence-electron chi connectivity index (χ1n) is 7.16. The number of halogens is 1. The number of nitriles is 1. The second kappa shape index (κ2) is 6.57. The molecule has 0 fully saturated rings. The van der Waals surface area contributed by atoms with Crippen LogP contribution in [-0.4, -0.2) is 9.55 Å². The predicted octanol–water partition coefficient (Wildman–Crippen LogP) is 2.78. The van der Waals surface area contributed by atoms with Gasteiger partial charge in [-0.05, 0) is 22.8 Å². The molecule has 24 heavy (non-hydrogen) atoms. The summed E-state index contributed by atoms with van der Waals surface area (Å²) in [5.41, 5.74) is 2.15. The molecule has 0 amide bonds. The van der Waals surface area contributed by atoms with Crippen LogP contribution in [0, 0.1) is 11.3 Å². The summed E-state index contributed by atoms with van der Waals surface area (Å²) in [5, 5.41) is 9.27. The summed E-state index contributed by atoms with van der Waals surface area (Å²) in [6.07, 6.45) is 0. The van der Waals surface area contributed by atoms with Crippen molar-refractivity contribution in [3.63, 3.8) is 0 Å². The fourth-order valence-electron chi connectivity index (χ4n) is 2.44. The molecule has 0 saturated carbocycles. The topological polar surface area (TPSA) is 78.7 Å². The van der Waals surface area contributed by atoms with E-state index in [2.05, 4.69) is 11.1 Å². The van der Waals surface area contributed by atoms with Gasteiger partial charge in [-0.3, -0.25) is 14.3 Å². The molecule has 0 saturated heterocycles. The summed E-state index contributed by atoms with van der Waals surface area (Å²) in [7, 11) is 0. The molecule has 5 nitrogen and oxygen atoms in total. The van der Waals surface area contributed by atoms with Crippen LogP contribution in [0.15, 0.2) is 64.2 Å². The number of benzene rings is 2. The summed E-state index contributed by atoms with van der Waals surface area (Å²) in [5.74, 6) is 0. The van der Waals surface area contributed by atoms with Gasteiger partial charge in [-0.25, -0.2) is 4.79 Å². The number of hydrogen-bond donors (Lipinski definition) is 1. The molecular formula is C18H12ClN3O2. The zero-order chi connectivity index (χ0) is 17.1. The normalized spacial score (nSPS) is 10.3. The van der Waals surface area contributed by atoms with Gasteiger partial charge in [0.05, 0.1) is 18.2 Å². The molecule has 0 atom stereocenters. The highest BCUT2D eigenvalue weighted by molar-refractivity contribution is 6.29. The Morgan fingerprint density at radius 3 is 2.46 bits per heavy atom. The average molecular weight is 338 g/mol. The van der Waals surface area contributed by atoms with Crippen molar-refractivity contribution >= 4 is 11.6 Å². The van der Waals surface area contributed by atoms with Gasteiger partial charge in [0.1, 0.15) is 5.15 Å². The van der Waals surface area contributed by atoms with E-state index in [1.165, 1.54) is 10.6 Å². The number of nitrogens with one attached hydrogen (secondary N) is 1. The summed E-state index contributed by atoms with van der Waals surface area (Å²) in [6.45, 7) is 0.245. The fourth-order valence-corrected chi connectivity index (χ4v) is 2.68. The van der Waals surface area contributed by atoms with E-state index in [1.54, 1.807) is 6.07 Å². The van der Waals surface area contributed by atoms with Crippen molar-refractivity contribution < 1.29 is 0 Å². The van der Waals surface area contributed by atoms with Crippen LogP contribution in [0.25, 0.3) is 11.1 Å². The van der Waals surface area contributed by atoms with Crippen molar-refractivity contribution in [1.29, 1.82) is 5.26 Å². The van der Waals surface area contributed by atoms with Gasteiger partial charge in [-0.15, -0.1) is 0 Å². The lowest BCUT2D eigenvalue weighted by Crippen LogP contribution is -2.30. The maximum absolute atomic E-state index is 11.8. The average Bonchev–Trinajstić information content (AvgIpc) is 2.58. The van der Waals surface area contributed by atoms with Crippen LogP contribution in [0.2, 0.25) is 5.15 Å².